The first-order chi connectivity index (χ1) is 5.75. The average molecular weight is 174 g/mol. The van der Waals surface area contributed by atoms with Crippen LogP contribution in [-0.4, -0.2) is 43.2 Å². The molecule has 0 radical (unpaired) electrons. The Morgan fingerprint density at radius 2 is 2.50 bits per heavy atom. The fourth-order valence-electron chi connectivity index (χ4n) is 1.38. The molecule has 0 spiro atoms. The summed E-state index contributed by atoms with van der Waals surface area (Å²) in [5.74, 6) is 0.0187. The standard InChI is InChI=1S/C8H15FN2O/c1-7-8(12)11(6-3-9)5-2-4-10-7/h7,10H,2-6H2,1H3. The predicted octanol–water partition coefficient (Wildman–Crippen LogP) is 0.166. The Morgan fingerprint density at radius 3 is 3.17 bits per heavy atom. The first kappa shape index (κ1) is 9.45. The van der Waals surface area contributed by atoms with Crippen LogP contribution in [0.3, 0.4) is 0 Å². The smallest absolute Gasteiger partial charge is 0.239 e. The third-order valence-electron chi connectivity index (χ3n) is 2.09. The van der Waals surface area contributed by atoms with E-state index in [0.717, 1.165) is 13.0 Å². The van der Waals surface area contributed by atoms with Crippen LogP contribution in [0.5, 0.6) is 0 Å². The van der Waals surface area contributed by atoms with Gasteiger partial charge in [0.15, 0.2) is 0 Å². The molecule has 4 heteroatoms. The van der Waals surface area contributed by atoms with Gasteiger partial charge in [-0.25, -0.2) is 4.39 Å². The average Bonchev–Trinajstić information content (AvgIpc) is 2.20. The lowest BCUT2D eigenvalue weighted by Crippen LogP contribution is -2.42. The highest BCUT2D eigenvalue weighted by Crippen LogP contribution is 2.01. The molecule has 1 rings (SSSR count). The molecule has 1 N–H and O–H groups in total. The van der Waals surface area contributed by atoms with Crippen molar-refractivity contribution in [3.05, 3.63) is 0 Å². The van der Waals surface area contributed by atoms with Gasteiger partial charge in [-0.15, -0.1) is 0 Å². The Balaban J connectivity index is 2.52. The van der Waals surface area contributed by atoms with E-state index in [9.17, 15) is 9.18 Å². The molecule has 0 aliphatic carbocycles. The maximum absolute atomic E-state index is 12.0. The first-order valence-corrected chi connectivity index (χ1v) is 4.34. The van der Waals surface area contributed by atoms with Crippen LogP contribution in [0.1, 0.15) is 13.3 Å². The Kier molecular flexibility index (Phi) is 3.47. The summed E-state index contributed by atoms with van der Waals surface area (Å²) in [6, 6.07) is -0.154. The number of alkyl halides is 1. The monoisotopic (exact) mass is 174 g/mol. The fourth-order valence-corrected chi connectivity index (χ4v) is 1.38. The summed E-state index contributed by atoms with van der Waals surface area (Å²) in [6.07, 6.45) is 0.913. The fraction of sp³-hybridized carbons (Fsp3) is 0.875. The second-order valence-electron chi connectivity index (χ2n) is 3.04. The van der Waals surface area contributed by atoms with E-state index < -0.39 is 6.67 Å². The summed E-state index contributed by atoms with van der Waals surface area (Å²) in [6.45, 7) is 3.14. The summed E-state index contributed by atoms with van der Waals surface area (Å²) in [5.41, 5.74) is 0. The van der Waals surface area contributed by atoms with Gasteiger partial charge in [-0.3, -0.25) is 4.79 Å². The van der Waals surface area contributed by atoms with Crippen LogP contribution in [0.4, 0.5) is 4.39 Å². The zero-order valence-electron chi connectivity index (χ0n) is 7.35. The number of halogens is 1. The van der Waals surface area contributed by atoms with Crippen LogP contribution in [-0.2, 0) is 4.79 Å². The normalized spacial score (nSPS) is 25.7. The molecule has 1 aliphatic rings. The molecule has 0 aromatic carbocycles. The molecular formula is C8H15FN2O. The number of hydrogen-bond donors (Lipinski definition) is 1. The van der Waals surface area contributed by atoms with Crippen molar-refractivity contribution in [2.75, 3.05) is 26.3 Å². The van der Waals surface area contributed by atoms with Gasteiger partial charge in [0, 0.05) is 13.1 Å². The van der Waals surface area contributed by atoms with E-state index in [1.807, 2.05) is 6.92 Å². The van der Waals surface area contributed by atoms with E-state index in [1.165, 1.54) is 0 Å². The van der Waals surface area contributed by atoms with Gasteiger partial charge in [-0.2, -0.15) is 0 Å². The predicted molar refractivity (Wildman–Crippen MR) is 44.6 cm³/mol. The van der Waals surface area contributed by atoms with Gasteiger partial charge in [0.25, 0.3) is 0 Å². The summed E-state index contributed by atoms with van der Waals surface area (Å²) < 4.78 is 12.0. The molecule has 1 saturated heterocycles. The van der Waals surface area contributed by atoms with Gasteiger partial charge < -0.3 is 10.2 Å². The topological polar surface area (TPSA) is 32.3 Å². The van der Waals surface area contributed by atoms with Crippen molar-refractivity contribution in [3.63, 3.8) is 0 Å². The van der Waals surface area contributed by atoms with E-state index in [0.29, 0.717) is 6.54 Å². The molecule has 1 fully saturated rings. The van der Waals surface area contributed by atoms with Gasteiger partial charge >= 0.3 is 0 Å². The van der Waals surface area contributed by atoms with Crippen molar-refractivity contribution in [1.29, 1.82) is 0 Å². The SMILES string of the molecule is CC1NCCCN(CCF)C1=O. The minimum absolute atomic E-state index is 0.0187. The number of amides is 1. The molecule has 0 aromatic rings. The summed E-state index contributed by atoms with van der Waals surface area (Å²) in [5, 5.41) is 3.07. The molecule has 1 amide bonds. The maximum Gasteiger partial charge on any atom is 0.239 e. The lowest BCUT2D eigenvalue weighted by Gasteiger charge is -2.20. The quantitative estimate of drug-likeness (QED) is 0.647. The van der Waals surface area contributed by atoms with E-state index in [1.54, 1.807) is 4.90 Å². The van der Waals surface area contributed by atoms with Crippen molar-refractivity contribution in [3.8, 4) is 0 Å². The van der Waals surface area contributed by atoms with Gasteiger partial charge in [0.05, 0.1) is 6.04 Å². The van der Waals surface area contributed by atoms with E-state index in [2.05, 4.69) is 5.32 Å². The second kappa shape index (κ2) is 4.40. The zero-order valence-corrected chi connectivity index (χ0v) is 7.35. The molecule has 70 valence electrons. The number of hydrogen-bond acceptors (Lipinski definition) is 2. The minimum atomic E-state index is -0.446. The molecule has 1 heterocycles. The highest BCUT2D eigenvalue weighted by Gasteiger charge is 2.21. The Hall–Kier alpha value is -0.640. The van der Waals surface area contributed by atoms with Crippen molar-refractivity contribution in [2.45, 2.75) is 19.4 Å². The van der Waals surface area contributed by atoms with E-state index in [4.69, 9.17) is 0 Å². The molecule has 1 atom stereocenters. The molecule has 1 unspecified atom stereocenters. The lowest BCUT2D eigenvalue weighted by atomic mass is 10.3. The highest BCUT2D eigenvalue weighted by molar-refractivity contribution is 5.81. The molecular weight excluding hydrogens is 159 g/mol. The third-order valence-corrected chi connectivity index (χ3v) is 2.09. The Labute approximate surface area is 71.9 Å². The summed E-state index contributed by atoms with van der Waals surface area (Å²) >= 11 is 0. The number of rotatable bonds is 2. The number of nitrogens with one attached hydrogen (secondary N) is 1. The van der Waals surface area contributed by atoms with Crippen molar-refractivity contribution < 1.29 is 9.18 Å². The molecule has 1 aliphatic heterocycles. The third kappa shape index (κ3) is 2.17. The van der Waals surface area contributed by atoms with Crippen LogP contribution in [0.15, 0.2) is 0 Å². The highest BCUT2D eigenvalue weighted by atomic mass is 19.1. The molecule has 0 bridgehead atoms. The summed E-state index contributed by atoms with van der Waals surface area (Å²) in [4.78, 5) is 13.0. The van der Waals surface area contributed by atoms with Crippen molar-refractivity contribution in [1.82, 2.24) is 10.2 Å². The first-order valence-electron chi connectivity index (χ1n) is 4.34. The molecule has 0 aromatic heterocycles. The zero-order chi connectivity index (χ0) is 8.97. The maximum atomic E-state index is 12.0. The van der Waals surface area contributed by atoms with Gasteiger partial charge in [-0.1, -0.05) is 0 Å². The number of nitrogens with zero attached hydrogens (tertiary/aromatic N) is 1. The Morgan fingerprint density at radius 1 is 1.75 bits per heavy atom. The van der Waals surface area contributed by atoms with Crippen LogP contribution in [0.25, 0.3) is 0 Å². The van der Waals surface area contributed by atoms with Gasteiger partial charge in [0.2, 0.25) is 5.91 Å². The van der Waals surface area contributed by atoms with Crippen molar-refractivity contribution in [2.24, 2.45) is 0 Å². The molecule has 12 heavy (non-hydrogen) atoms. The van der Waals surface area contributed by atoms with Crippen LogP contribution >= 0.6 is 0 Å². The molecule has 3 nitrogen and oxygen atoms in total. The summed E-state index contributed by atoms with van der Waals surface area (Å²) in [7, 11) is 0. The van der Waals surface area contributed by atoms with Crippen LogP contribution in [0, 0.1) is 0 Å². The van der Waals surface area contributed by atoms with Crippen LogP contribution in [0.2, 0.25) is 0 Å². The molecule has 0 saturated carbocycles. The Bertz CT molecular complexity index is 163. The van der Waals surface area contributed by atoms with Crippen LogP contribution < -0.4 is 5.32 Å². The second-order valence-corrected chi connectivity index (χ2v) is 3.04. The lowest BCUT2D eigenvalue weighted by molar-refractivity contribution is -0.132. The van der Waals surface area contributed by atoms with Gasteiger partial charge in [0.1, 0.15) is 6.67 Å². The number of carbonyl (C=O) groups excluding carboxylic acids is 1. The number of carbonyl (C=O) groups is 1. The van der Waals surface area contributed by atoms with E-state index in [-0.39, 0.29) is 18.5 Å². The minimum Gasteiger partial charge on any atom is -0.339 e. The van der Waals surface area contributed by atoms with Crippen molar-refractivity contribution >= 4 is 5.91 Å². The van der Waals surface area contributed by atoms with Gasteiger partial charge in [-0.05, 0) is 19.9 Å². The van der Waals surface area contributed by atoms with E-state index >= 15 is 0 Å². The largest absolute Gasteiger partial charge is 0.339 e.